The van der Waals surface area contributed by atoms with Crippen molar-refractivity contribution in [2.75, 3.05) is 11.5 Å². The van der Waals surface area contributed by atoms with Gasteiger partial charge in [0.2, 0.25) is 0 Å². The highest BCUT2D eigenvalue weighted by Crippen LogP contribution is 2.30. The number of allylic oxidation sites excluding steroid dienone is 4. The predicted molar refractivity (Wildman–Crippen MR) is 93.1 cm³/mol. The Balaban J connectivity index is 3.46. The van der Waals surface area contributed by atoms with Crippen molar-refractivity contribution < 1.29 is 0 Å². The predicted octanol–water partition coefficient (Wildman–Crippen LogP) is 4.15. The van der Waals surface area contributed by atoms with Gasteiger partial charge in [-0.3, -0.25) is 5.41 Å². The zero-order valence-electron chi connectivity index (χ0n) is 10.6. The molecule has 5 N–H and O–H groups in total. The van der Waals surface area contributed by atoms with Crippen LogP contribution in [0.5, 0.6) is 0 Å². The third kappa shape index (κ3) is 3.39. The van der Waals surface area contributed by atoms with E-state index in [1.54, 1.807) is 18.2 Å². The number of hydrogen-bond donors (Lipinski definition) is 3. The van der Waals surface area contributed by atoms with Crippen molar-refractivity contribution in [3.63, 3.8) is 0 Å². The Kier molecular flexibility index (Phi) is 5.20. The second-order valence-electron chi connectivity index (χ2n) is 4.00. The summed E-state index contributed by atoms with van der Waals surface area (Å²) in [6.07, 6.45) is 1.62. The lowest BCUT2D eigenvalue weighted by Gasteiger charge is -2.14. The van der Waals surface area contributed by atoms with E-state index in [4.69, 9.17) is 28.5 Å². The molecule has 1 rings (SSSR count). The molecule has 0 aromatic heterocycles. The summed E-state index contributed by atoms with van der Waals surface area (Å²) in [5, 5.41) is 8.56. The van der Waals surface area contributed by atoms with Gasteiger partial charge in [0, 0.05) is 31.1 Å². The van der Waals surface area contributed by atoms with Gasteiger partial charge in [-0.15, -0.1) is 0 Å². The van der Waals surface area contributed by atoms with Gasteiger partial charge in [-0.2, -0.15) is 0 Å². The van der Waals surface area contributed by atoms with E-state index in [0.29, 0.717) is 22.5 Å². The monoisotopic (exact) mass is 387 g/mol. The van der Waals surface area contributed by atoms with Crippen molar-refractivity contribution in [3.05, 3.63) is 56.7 Å². The largest absolute Gasteiger partial charge is 0.398 e. The summed E-state index contributed by atoms with van der Waals surface area (Å²) in [6, 6.07) is 3.43. The molecule has 0 aliphatic heterocycles. The van der Waals surface area contributed by atoms with E-state index in [0.717, 1.165) is 9.14 Å². The second kappa shape index (κ2) is 6.25. The molecule has 0 spiro atoms. The molecule has 1 aromatic carbocycles. The van der Waals surface area contributed by atoms with Crippen LogP contribution >= 0.6 is 34.2 Å². The standard InChI is InChI=1S/C14H15ClIN3/c1-4-10(16)13(8(3)15)14(19)9-5-7(2)11(17)6-12(9)18/h4-6,19H,1,3,17-18H2,2H3/b13-10-,19-14?. The van der Waals surface area contributed by atoms with Gasteiger partial charge in [-0.1, -0.05) is 30.8 Å². The van der Waals surface area contributed by atoms with E-state index in [9.17, 15) is 0 Å². The second-order valence-corrected chi connectivity index (χ2v) is 5.62. The maximum atomic E-state index is 8.28. The minimum Gasteiger partial charge on any atom is -0.398 e. The number of nitrogens with two attached hydrogens (primary N) is 2. The molecule has 0 saturated heterocycles. The van der Waals surface area contributed by atoms with E-state index in [1.165, 1.54) is 0 Å². The van der Waals surface area contributed by atoms with Crippen molar-refractivity contribution in [1.82, 2.24) is 0 Å². The van der Waals surface area contributed by atoms with Crippen LogP contribution in [-0.2, 0) is 0 Å². The van der Waals surface area contributed by atoms with Gasteiger partial charge in [-0.05, 0) is 47.2 Å². The Morgan fingerprint density at radius 1 is 1.37 bits per heavy atom. The van der Waals surface area contributed by atoms with E-state index in [1.807, 2.05) is 6.92 Å². The SMILES string of the molecule is C=C/C(I)=C(\C(=C)Cl)C(=N)c1cc(C)c(N)cc1N. The van der Waals surface area contributed by atoms with Crippen molar-refractivity contribution in [2.24, 2.45) is 0 Å². The summed E-state index contributed by atoms with van der Waals surface area (Å²) >= 11 is 8.04. The number of hydrogen-bond acceptors (Lipinski definition) is 3. The van der Waals surface area contributed by atoms with E-state index < -0.39 is 0 Å². The number of halogens is 2. The van der Waals surface area contributed by atoms with Crippen LogP contribution in [0.3, 0.4) is 0 Å². The van der Waals surface area contributed by atoms with Gasteiger partial charge >= 0.3 is 0 Å². The maximum Gasteiger partial charge on any atom is 0.0730 e. The minimum absolute atomic E-state index is 0.213. The van der Waals surface area contributed by atoms with Crippen LogP contribution in [0.1, 0.15) is 11.1 Å². The number of nitrogens with one attached hydrogen (secondary N) is 1. The van der Waals surface area contributed by atoms with Crippen LogP contribution in [0.2, 0.25) is 0 Å². The lowest BCUT2D eigenvalue weighted by Crippen LogP contribution is -2.09. The Morgan fingerprint density at radius 2 is 1.95 bits per heavy atom. The fraction of sp³-hybridized carbons (Fsp3) is 0.0714. The summed E-state index contributed by atoms with van der Waals surface area (Å²) in [7, 11) is 0. The zero-order chi connectivity index (χ0) is 14.7. The van der Waals surface area contributed by atoms with E-state index in [-0.39, 0.29) is 10.7 Å². The lowest BCUT2D eigenvalue weighted by atomic mass is 9.97. The molecule has 1 aromatic rings. The smallest absolute Gasteiger partial charge is 0.0730 e. The summed E-state index contributed by atoms with van der Waals surface area (Å²) in [6.45, 7) is 9.23. The van der Waals surface area contributed by atoms with Gasteiger partial charge in [0.25, 0.3) is 0 Å². The molecule has 0 bridgehead atoms. The number of aryl methyl sites for hydroxylation is 1. The molecular weight excluding hydrogens is 373 g/mol. The van der Waals surface area contributed by atoms with Crippen molar-refractivity contribution in [2.45, 2.75) is 6.92 Å². The molecule has 0 amide bonds. The molecule has 0 unspecified atom stereocenters. The molecule has 0 heterocycles. The molecule has 0 aliphatic carbocycles. The summed E-state index contributed by atoms with van der Waals surface area (Å²) in [5.74, 6) is 0. The molecule has 0 aliphatic rings. The first-order valence-corrected chi connectivity index (χ1v) is 6.87. The first kappa shape index (κ1) is 15.8. The van der Waals surface area contributed by atoms with Crippen LogP contribution in [0.25, 0.3) is 0 Å². The molecular formula is C14H15ClIN3. The van der Waals surface area contributed by atoms with Crippen LogP contribution in [0, 0.1) is 12.3 Å². The summed E-state index contributed by atoms with van der Waals surface area (Å²) < 4.78 is 0.747. The molecule has 100 valence electrons. The number of rotatable bonds is 4. The van der Waals surface area contributed by atoms with Gasteiger partial charge < -0.3 is 11.5 Å². The van der Waals surface area contributed by atoms with Crippen LogP contribution < -0.4 is 11.5 Å². The molecule has 0 radical (unpaired) electrons. The molecule has 19 heavy (non-hydrogen) atoms. The first-order chi connectivity index (χ1) is 8.79. The number of benzene rings is 1. The normalized spacial score (nSPS) is 11.7. The molecule has 5 heteroatoms. The van der Waals surface area contributed by atoms with Gasteiger partial charge in [0.05, 0.1) is 5.71 Å². The van der Waals surface area contributed by atoms with Gasteiger partial charge in [0.1, 0.15) is 0 Å². The lowest BCUT2D eigenvalue weighted by molar-refractivity contribution is 1.41. The highest BCUT2D eigenvalue weighted by atomic mass is 127. The van der Waals surface area contributed by atoms with Crippen LogP contribution in [0.4, 0.5) is 11.4 Å². The third-order valence-corrected chi connectivity index (χ3v) is 3.82. The molecule has 0 saturated carbocycles. The average Bonchev–Trinajstić information content (AvgIpc) is 2.33. The fourth-order valence-electron chi connectivity index (χ4n) is 1.58. The van der Waals surface area contributed by atoms with Crippen LogP contribution in [-0.4, -0.2) is 5.71 Å². The minimum atomic E-state index is 0.213. The Labute approximate surface area is 131 Å². The number of anilines is 2. The maximum absolute atomic E-state index is 8.28. The highest BCUT2D eigenvalue weighted by molar-refractivity contribution is 14.1. The van der Waals surface area contributed by atoms with Gasteiger partial charge in [0.15, 0.2) is 0 Å². The third-order valence-electron chi connectivity index (χ3n) is 2.65. The fourth-order valence-corrected chi connectivity index (χ4v) is 2.53. The quantitative estimate of drug-likeness (QED) is 0.314. The summed E-state index contributed by atoms with van der Waals surface area (Å²) in [5.41, 5.74) is 14.9. The van der Waals surface area contributed by atoms with E-state index >= 15 is 0 Å². The highest BCUT2D eigenvalue weighted by Gasteiger charge is 2.16. The Hall–Kier alpha value is -1.27. The molecule has 0 atom stereocenters. The summed E-state index contributed by atoms with van der Waals surface area (Å²) in [4.78, 5) is 0. The van der Waals surface area contributed by atoms with Crippen molar-refractivity contribution >= 4 is 51.3 Å². The van der Waals surface area contributed by atoms with Crippen molar-refractivity contribution in [3.8, 4) is 0 Å². The first-order valence-electron chi connectivity index (χ1n) is 5.41. The zero-order valence-corrected chi connectivity index (χ0v) is 13.5. The topological polar surface area (TPSA) is 75.9 Å². The van der Waals surface area contributed by atoms with Crippen LogP contribution in [0.15, 0.2) is 45.6 Å². The van der Waals surface area contributed by atoms with Gasteiger partial charge in [-0.25, -0.2) is 0 Å². The molecule has 3 nitrogen and oxygen atoms in total. The van der Waals surface area contributed by atoms with Crippen molar-refractivity contribution in [1.29, 1.82) is 5.41 Å². The number of nitrogen functional groups attached to an aromatic ring is 2. The average molecular weight is 388 g/mol. The Morgan fingerprint density at radius 3 is 2.42 bits per heavy atom. The Bertz CT molecular complexity index is 603. The van der Waals surface area contributed by atoms with E-state index in [2.05, 4.69) is 35.7 Å². The molecule has 0 fully saturated rings.